The van der Waals surface area contributed by atoms with Crippen LogP contribution in [0.1, 0.15) is 15.9 Å². The zero-order valence-corrected chi connectivity index (χ0v) is 20.5. The van der Waals surface area contributed by atoms with E-state index in [0.29, 0.717) is 29.1 Å². The van der Waals surface area contributed by atoms with Crippen LogP contribution in [0, 0.1) is 0 Å². The van der Waals surface area contributed by atoms with Gasteiger partial charge in [-0.05, 0) is 61.0 Å². The van der Waals surface area contributed by atoms with Crippen LogP contribution in [0.25, 0.3) is 10.9 Å². The van der Waals surface area contributed by atoms with Crippen molar-refractivity contribution in [1.29, 1.82) is 0 Å². The van der Waals surface area contributed by atoms with Gasteiger partial charge in [0.2, 0.25) is 0 Å². The van der Waals surface area contributed by atoms with Gasteiger partial charge in [-0.15, -0.1) is 0 Å². The lowest BCUT2D eigenvalue weighted by molar-refractivity contribution is 0.0946. The number of amides is 1. The van der Waals surface area contributed by atoms with E-state index < -0.39 is 6.10 Å². The maximum absolute atomic E-state index is 12.4. The van der Waals surface area contributed by atoms with Crippen LogP contribution in [0.15, 0.2) is 85.1 Å². The van der Waals surface area contributed by atoms with Gasteiger partial charge in [0, 0.05) is 24.7 Å². The van der Waals surface area contributed by atoms with Crippen LogP contribution in [0.4, 0.5) is 0 Å². The fraction of sp³-hybridized carbons (Fsp3) is 0.241. The van der Waals surface area contributed by atoms with Crippen molar-refractivity contribution >= 4 is 16.8 Å². The Morgan fingerprint density at radius 1 is 0.919 bits per heavy atom. The van der Waals surface area contributed by atoms with Gasteiger partial charge >= 0.3 is 0 Å². The van der Waals surface area contributed by atoms with Gasteiger partial charge in [0.1, 0.15) is 30.0 Å². The predicted molar refractivity (Wildman–Crippen MR) is 142 cm³/mol. The van der Waals surface area contributed by atoms with Gasteiger partial charge in [0.15, 0.2) is 0 Å². The monoisotopic (exact) mass is 501 g/mol. The summed E-state index contributed by atoms with van der Waals surface area (Å²) in [5, 5.41) is 25.7. The van der Waals surface area contributed by atoms with E-state index in [1.54, 1.807) is 24.4 Å². The molecule has 0 unspecified atom stereocenters. The van der Waals surface area contributed by atoms with Gasteiger partial charge in [-0.25, -0.2) is 0 Å². The number of nitrogens with zero attached hydrogens (tertiary/aromatic N) is 1. The number of hydrogen-bond acceptors (Lipinski definition) is 7. The fourth-order valence-corrected chi connectivity index (χ4v) is 3.81. The molecule has 0 aliphatic carbocycles. The molecule has 1 atom stereocenters. The molecule has 0 saturated carbocycles. The number of para-hydroxylation sites is 2. The van der Waals surface area contributed by atoms with Crippen LogP contribution >= 0.6 is 0 Å². The zero-order valence-electron chi connectivity index (χ0n) is 20.5. The number of aliphatic hydroxyl groups is 2. The third kappa shape index (κ3) is 7.50. The molecule has 4 rings (SSSR count). The normalized spacial score (nSPS) is 11.7. The molecule has 0 spiro atoms. The second kappa shape index (κ2) is 13.4. The maximum atomic E-state index is 12.4. The summed E-state index contributed by atoms with van der Waals surface area (Å²) in [6.45, 7) is 1.45. The van der Waals surface area contributed by atoms with E-state index in [1.165, 1.54) is 0 Å². The Hall–Kier alpha value is -3.98. The lowest BCUT2D eigenvalue weighted by Gasteiger charge is -2.13. The van der Waals surface area contributed by atoms with Crippen LogP contribution < -0.4 is 20.1 Å². The fourth-order valence-electron chi connectivity index (χ4n) is 3.81. The zero-order chi connectivity index (χ0) is 25.9. The highest BCUT2D eigenvalue weighted by Gasteiger charge is 2.13. The first kappa shape index (κ1) is 26.1. The number of carbonyl (C=O) groups excluding carboxylic acids is 1. The molecule has 0 fully saturated rings. The summed E-state index contributed by atoms with van der Waals surface area (Å²) in [6.07, 6.45) is 1.82. The van der Waals surface area contributed by atoms with Crippen molar-refractivity contribution in [2.24, 2.45) is 0 Å². The largest absolute Gasteiger partial charge is 0.491 e. The second-order valence-electron chi connectivity index (χ2n) is 8.47. The molecule has 4 aromatic rings. The van der Waals surface area contributed by atoms with E-state index in [4.69, 9.17) is 14.6 Å². The van der Waals surface area contributed by atoms with Crippen molar-refractivity contribution in [3.63, 3.8) is 0 Å². The molecule has 1 aromatic heterocycles. The van der Waals surface area contributed by atoms with E-state index in [0.717, 1.165) is 29.7 Å². The molecule has 0 radical (unpaired) electrons. The summed E-state index contributed by atoms with van der Waals surface area (Å²) in [5.74, 6) is 1.72. The SMILES string of the molecule is O=C(NCCO)c1cccc2c(Oc3ccc(CCNC[C@H](O)COc4ccccc4)cc3)ccnc12. The molecular weight excluding hydrogens is 470 g/mol. The molecule has 0 saturated heterocycles. The number of carbonyl (C=O) groups is 1. The summed E-state index contributed by atoms with van der Waals surface area (Å²) >= 11 is 0. The number of ether oxygens (including phenoxy) is 2. The molecule has 8 heteroatoms. The Morgan fingerprint density at radius 2 is 1.73 bits per heavy atom. The minimum atomic E-state index is -0.590. The van der Waals surface area contributed by atoms with Crippen molar-refractivity contribution in [2.45, 2.75) is 12.5 Å². The first-order valence-corrected chi connectivity index (χ1v) is 12.2. The van der Waals surface area contributed by atoms with Crippen LogP contribution in [-0.2, 0) is 6.42 Å². The summed E-state index contributed by atoms with van der Waals surface area (Å²) in [7, 11) is 0. The van der Waals surface area contributed by atoms with Crippen LogP contribution in [0.5, 0.6) is 17.2 Å². The van der Waals surface area contributed by atoms with E-state index in [9.17, 15) is 9.90 Å². The molecule has 192 valence electrons. The number of nitrogens with one attached hydrogen (secondary N) is 2. The third-order valence-electron chi connectivity index (χ3n) is 5.68. The van der Waals surface area contributed by atoms with E-state index >= 15 is 0 Å². The Balaban J connectivity index is 1.28. The van der Waals surface area contributed by atoms with Gasteiger partial charge in [0.25, 0.3) is 5.91 Å². The average Bonchev–Trinajstić information content (AvgIpc) is 2.94. The number of pyridine rings is 1. The van der Waals surface area contributed by atoms with E-state index in [-0.39, 0.29) is 25.7 Å². The number of benzene rings is 3. The van der Waals surface area contributed by atoms with E-state index in [2.05, 4.69) is 15.6 Å². The van der Waals surface area contributed by atoms with Crippen molar-refractivity contribution in [3.8, 4) is 17.2 Å². The van der Waals surface area contributed by atoms with Gasteiger partial charge < -0.3 is 30.3 Å². The van der Waals surface area contributed by atoms with E-state index in [1.807, 2.05) is 60.7 Å². The highest BCUT2D eigenvalue weighted by atomic mass is 16.5. The lowest BCUT2D eigenvalue weighted by atomic mass is 10.1. The molecule has 1 heterocycles. The summed E-state index contributed by atoms with van der Waals surface area (Å²) < 4.78 is 11.7. The second-order valence-corrected chi connectivity index (χ2v) is 8.47. The minimum Gasteiger partial charge on any atom is -0.491 e. The van der Waals surface area contributed by atoms with Gasteiger partial charge in [0.05, 0.1) is 17.7 Å². The summed E-state index contributed by atoms with van der Waals surface area (Å²) in [6, 6.07) is 24.4. The molecule has 3 aromatic carbocycles. The van der Waals surface area contributed by atoms with Crippen LogP contribution in [-0.4, -0.2) is 60.1 Å². The van der Waals surface area contributed by atoms with Gasteiger partial charge in [-0.1, -0.05) is 36.4 Å². The smallest absolute Gasteiger partial charge is 0.253 e. The highest BCUT2D eigenvalue weighted by molar-refractivity contribution is 6.06. The lowest BCUT2D eigenvalue weighted by Crippen LogP contribution is -2.32. The number of hydrogen-bond donors (Lipinski definition) is 4. The first-order chi connectivity index (χ1) is 18.1. The van der Waals surface area contributed by atoms with Gasteiger partial charge in [-0.2, -0.15) is 0 Å². The average molecular weight is 502 g/mol. The van der Waals surface area contributed by atoms with Crippen molar-refractivity contribution in [2.75, 3.05) is 32.8 Å². The number of rotatable bonds is 13. The molecule has 0 aliphatic heterocycles. The Labute approximate surface area is 215 Å². The van der Waals surface area contributed by atoms with Crippen LogP contribution in [0.2, 0.25) is 0 Å². The standard InChI is InChI=1S/C29H31N3O5/c33-18-17-32-29(35)26-8-4-7-25-27(14-16-31-28(25)26)37-24-11-9-21(10-12-24)13-15-30-19-22(34)20-36-23-5-2-1-3-6-23/h1-12,14,16,22,30,33-34H,13,15,17-20H2,(H,32,35)/t22-/m0/s1. The molecule has 8 nitrogen and oxygen atoms in total. The predicted octanol–water partition coefficient (Wildman–Crippen LogP) is 3.32. The summed E-state index contributed by atoms with van der Waals surface area (Å²) in [5.41, 5.74) is 2.10. The molecule has 0 bridgehead atoms. The molecule has 1 amide bonds. The Kier molecular flexibility index (Phi) is 9.42. The number of aromatic nitrogens is 1. The third-order valence-corrected chi connectivity index (χ3v) is 5.68. The minimum absolute atomic E-state index is 0.129. The topological polar surface area (TPSA) is 113 Å². The van der Waals surface area contributed by atoms with Crippen molar-refractivity contribution < 1.29 is 24.5 Å². The highest BCUT2D eigenvalue weighted by Crippen LogP contribution is 2.30. The van der Waals surface area contributed by atoms with Gasteiger partial charge in [-0.3, -0.25) is 9.78 Å². The number of aliphatic hydroxyl groups excluding tert-OH is 2. The molecular formula is C29H31N3O5. The quantitative estimate of drug-likeness (QED) is 0.208. The molecule has 37 heavy (non-hydrogen) atoms. The summed E-state index contributed by atoms with van der Waals surface area (Å²) in [4.78, 5) is 16.8. The Morgan fingerprint density at radius 3 is 2.51 bits per heavy atom. The Bertz CT molecular complexity index is 1280. The van der Waals surface area contributed by atoms with Crippen LogP contribution in [0.3, 0.4) is 0 Å². The number of fused-ring (bicyclic) bond motifs is 1. The first-order valence-electron chi connectivity index (χ1n) is 12.2. The molecule has 0 aliphatic rings. The van der Waals surface area contributed by atoms with Crippen molar-refractivity contribution in [1.82, 2.24) is 15.6 Å². The maximum Gasteiger partial charge on any atom is 0.253 e. The van der Waals surface area contributed by atoms with Crippen molar-refractivity contribution in [3.05, 3.63) is 96.2 Å². The molecule has 4 N–H and O–H groups in total.